The lowest BCUT2D eigenvalue weighted by molar-refractivity contribution is 0.606. The number of hydrogen-bond donors (Lipinski definition) is 0. The van der Waals surface area contributed by atoms with Crippen LogP contribution >= 0.6 is 15.9 Å². The van der Waals surface area contributed by atoms with Crippen molar-refractivity contribution in [3.63, 3.8) is 0 Å². The summed E-state index contributed by atoms with van der Waals surface area (Å²) in [6, 6.07) is 4.67. The topological polar surface area (TPSA) is 43.6 Å². The monoisotopic (exact) mass is 242 g/mol. The molecule has 66 valence electrons. The Morgan fingerprint density at radius 1 is 1.38 bits per heavy atom. The molecule has 1 aromatic heterocycles. The molecule has 1 heterocycles. The predicted octanol–water partition coefficient (Wildman–Crippen LogP) is 1.56. The Labute approximate surface area is 81.5 Å². The molecule has 0 fully saturated rings. The third-order valence-electron chi connectivity index (χ3n) is 1.51. The van der Waals surface area contributed by atoms with Crippen molar-refractivity contribution in [2.45, 2.75) is 0 Å². The highest BCUT2D eigenvalue weighted by Gasteiger charge is 2.05. The quantitative estimate of drug-likeness (QED) is 0.763. The van der Waals surface area contributed by atoms with Crippen LogP contribution in [0.2, 0.25) is 0 Å². The molecule has 0 aliphatic carbocycles. The van der Waals surface area contributed by atoms with E-state index in [2.05, 4.69) is 31.5 Å². The first kappa shape index (κ1) is 8.31. The van der Waals surface area contributed by atoms with Gasteiger partial charge >= 0.3 is 0 Å². The third kappa shape index (κ3) is 1.57. The van der Waals surface area contributed by atoms with E-state index in [4.69, 9.17) is 0 Å². The number of tetrazole rings is 1. The minimum absolute atomic E-state index is 0.327. The zero-order chi connectivity index (χ0) is 9.26. The van der Waals surface area contributed by atoms with Crippen LogP contribution in [0.1, 0.15) is 0 Å². The van der Waals surface area contributed by atoms with Gasteiger partial charge in [0.2, 0.25) is 0 Å². The van der Waals surface area contributed by atoms with Gasteiger partial charge in [0.05, 0.1) is 0 Å². The molecule has 0 N–H and O–H groups in total. The maximum Gasteiger partial charge on any atom is 0.150 e. The van der Waals surface area contributed by atoms with E-state index in [1.807, 2.05) is 0 Å². The van der Waals surface area contributed by atoms with Gasteiger partial charge in [0, 0.05) is 4.47 Å². The lowest BCUT2D eigenvalue weighted by Crippen LogP contribution is -1.98. The first-order valence-electron chi connectivity index (χ1n) is 3.46. The van der Waals surface area contributed by atoms with E-state index in [0.29, 0.717) is 10.2 Å². The zero-order valence-electron chi connectivity index (χ0n) is 6.35. The standard InChI is InChI=1S/C7H4BrFN4/c8-5-1-2-7(6(9)3-5)13-4-10-11-12-13/h1-4H. The van der Waals surface area contributed by atoms with Crippen molar-refractivity contribution < 1.29 is 4.39 Å². The second-order valence-electron chi connectivity index (χ2n) is 2.35. The molecule has 0 saturated carbocycles. The van der Waals surface area contributed by atoms with Gasteiger partial charge in [-0.1, -0.05) is 15.9 Å². The summed E-state index contributed by atoms with van der Waals surface area (Å²) < 4.78 is 15.2. The first-order valence-corrected chi connectivity index (χ1v) is 4.25. The number of nitrogens with zero attached hydrogens (tertiary/aromatic N) is 4. The molecule has 0 spiro atoms. The molecule has 0 bridgehead atoms. The number of rotatable bonds is 1. The highest BCUT2D eigenvalue weighted by atomic mass is 79.9. The van der Waals surface area contributed by atoms with Gasteiger partial charge in [-0.3, -0.25) is 0 Å². The van der Waals surface area contributed by atoms with E-state index in [-0.39, 0.29) is 5.82 Å². The lowest BCUT2D eigenvalue weighted by atomic mass is 10.3. The summed E-state index contributed by atoms with van der Waals surface area (Å²) in [6.45, 7) is 0. The molecule has 6 heteroatoms. The van der Waals surface area contributed by atoms with Crippen LogP contribution in [0.3, 0.4) is 0 Å². The van der Waals surface area contributed by atoms with Crippen LogP contribution in [-0.4, -0.2) is 20.2 Å². The summed E-state index contributed by atoms with van der Waals surface area (Å²) in [5, 5.41) is 10.4. The van der Waals surface area contributed by atoms with Gasteiger partial charge in [0.15, 0.2) is 0 Å². The van der Waals surface area contributed by atoms with Crippen molar-refractivity contribution in [2.24, 2.45) is 0 Å². The molecule has 0 aliphatic rings. The van der Waals surface area contributed by atoms with Crippen LogP contribution in [0, 0.1) is 5.82 Å². The van der Waals surface area contributed by atoms with Crippen LogP contribution in [0.5, 0.6) is 0 Å². The molecule has 0 unspecified atom stereocenters. The second kappa shape index (κ2) is 3.21. The van der Waals surface area contributed by atoms with Gasteiger partial charge < -0.3 is 0 Å². The average molecular weight is 243 g/mol. The van der Waals surface area contributed by atoms with Crippen molar-refractivity contribution in [2.75, 3.05) is 0 Å². The number of halogens is 2. The number of benzene rings is 1. The van der Waals surface area contributed by atoms with E-state index in [9.17, 15) is 4.39 Å². The molecule has 0 amide bonds. The Morgan fingerprint density at radius 2 is 2.23 bits per heavy atom. The Bertz CT molecular complexity index is 414. The zero-order valence-corrected chi connectivity index (χ0v) is 7.94. The smallest absolute Gasteiger partial charge is 0.150 e. The number of hydrogen-bond acceptors (Lipinski definition) is 3. The second-order valence-corrected chi connectivity index (χ2v) is 3.27. The minimum atomic E-state index is -0.373. The highest BCUT2D eigenvalue weighted by Crippen LogP contribution is 2.17. The van der Waals surface area contributed by atoms with Crippen LogP contribution in [0.15, 0.2) is 29.0 Å². The van der Waals surface area contributed by atoms with E-state index >= 15 is 0 Å². The molecule has 0 aliphatic heterocycles. The SMILES string of the molecule is Fc1cc(Br)ccc1-n1cnnn1. The van der Waals surface area contributed by atoms with Crippen molar-refractivity contribution in [1.82, 2.24) is 20.2 Å². The van der Waals surface area contributed by atoms with Gasteiger partial charge in [-0.2, -0.15) is 4.68 Å². The minimum Gasteiger partial charge on any atom is -0.205 e. The van der Waals surface area contributed by atoms with Gasteiger partial charge in [0.1, 0.15) is 17.8 Å². The summed E-state index contributed by atoms with van der Waals surface area (Å²) in [6.07, 6.45) is 1.34. The van der Waals surface area contributed by atoms with E-state index in [0.717, 1.165) is 0 Å². The van der Waals surface area contributed by atoms with E-state index < -0.39 is 0 Å². The molecule has 0 saturated heterocycles. The molecular formula is C7H4BrFN4. The summed E-state index contributed by atoms with van der Waals surface area (Å²) in [5.41, 5.74) is 0.327. The lowest BCUT2D eigenvalue weighted by Gasteiger charge is -2.00. The van der Waals surface area contributed by atoms with Gasteiger partial charge in [-0.25, -0.2) is 4.39 Å². The molecule has 13 heavy (non-hydrogen) atoms. The Morgan fingerprint density at radius 3 is 2.85 bits per heavy atom. The highest BCUT2D eigenvalue weighted by molar-refractivity contribution is 9.10. The maximum absolute atomic E-state index is 13.3. The van der Waals surface area contributed by atoms with Crippen LogP contribution < -0.4 is 0 Å². The van der Waals surface area contributed by atoms with Crippen molar-refractivity contribution in [3.05, 3.63) is 34.8 Å². The van der Waals surface area contributed by atoms with Gasteiger partial charge in [0.25, 0.3) is 0 Å². The van der Waals surface area contributed by atoms with Gasteiger partial charge in [-0.05, 0) is 28.6 Å². The fraction of sp³-hybridized carbons (Fsp3) is 0. The maximum atomic E-state index is 13.3. The fourth-order valence-electron chi connectivity index (χ4n) is 0.939. The molecule has 2 rings (SSSR count). The van der Waals surface area contributed by atoms with Crippen molar-refractivity contribution in [1.29, 1.82) is 0 Å². The summed E-state index contributed by atoms with van der Waals surface area (Å²) in [4.78, 5) is 0. The fourth-order valence-corrected chi connectivity index (χ4v) is 1.27. The Kier molecular flexibility index (Phi) is 2.05. The van der Waals surface area contributed by atoms with Crippen LogP contribution in [0.25, 0.3) is 5.69 Å². The first-order chi connectivity index (χ1) is 6.27. The molecule has 4 nitrogen and oxygen atoms in total. The van der Waals surface area contributed by atoms with Crippen molar-refractivity contribution >= 4 is 15.9 Å². The van der Waals surface area contributed by atoms with E-state index in [1.54, 1.807) is 12.1 Å². The molecule has 2 aromatic rings. The van der Waals surface area contributed by atoms with Gasteiger partial charge in [-0.15, -0.1) is 5.10 Å². The average Bonchev–Trinajstić information content (AvgIpc) is 2.56. The molecule has 0 radical (unpaired) electrons. The number of aromatic nitrogens is 4. The summed E-state index contributed by atoms with van der Waals surface area (Å²) in [5.74, 6) is -0.373. The normalized spacial score (nSPS) is 10.3. The molecular weight excluding hydrogens is 239 g/mol. The third-order valence-corrected chi connectivity index (χ3v) is 2.00. The largest absolute Gasteiger partial charge is 0.205 e. The Balaban J connectivity index is 2.53. The summed E-state index contributed by atoms with van der Waals surface area (Å²) in [7, 11) is 0. The van der Waals surface area contributed by atoms with Crippen LogP contribution in [-0.2, 0) is 0 Å². The Hall–Kier alpha value is -1.30. The predicted molar refractivity (Wildman–Crippen MR) is 46.8 cm³/mol. The summed E-state index contributed by atoms with van der Waals surface area (Å²) >= 11 is 3.16. The molecule has 0 atom stereocenters. The molecule has 1 aromatic carbocycles. The van der Waals surface area contributed by atoms with Crippen molar-refractivity contribution in [3.8, 4) is 5.69 Å². The van der Waals surface area contributed by atoms with Crippen LogP contribution in [0.4, 0.5) is 4.39 Å². The van der Waals surface area contributed by atoms with E-state index in [1.165, 1.54) is 17.1 Å².